The molecule has 3 heteroatoms. The molecule has 2 aromatic carbocycles. The Morgan fingerprint density at radius 3 is 2.18 bits per heavy atom. The van der Waals surface area contributed by atoms with Gasteiger partial charge in [-0.2, -0.15) is 0 Å². The summed E-state index contributed by atoms with van der Waals surface area (Å²) in [6.07, 6.45) is 2.47. The van der Waals surface area contributed by atoms with Gasteiger partial charge < -0.3 is 10.1 Å². The first-order valence-electron chi connectivity index (χ1n) is 7.76. The highest BCUT2D eigenvalue weighted by Crippen LogP contribution is 2.14. The second kappa shape index (κ2) is 10.3. The Hall–Kier alpha value is -1.51. The van der Waals surface area contributed by atoms with E-state index in [1.165, 1.54) is 29.5 Å². The van der Waals surface area contributed by atoms with Gasteiger partial charge in [0.25, 0.3) is 0 Å². The van der Waals surface area contributed by atoms with Crippen LogP contribution in [0.25, 0.3) is 0 Å². The minimum absolute atomic E-state index is 0. The lowest BCUT2D eigenvalue weighted by molar-refractivity contribution is 0.306. The molecular formula is C19H26ClNO. The Bertz CT molecular complexity index is 522. The second-order valence-corrected chi connectivity index (χ2v) is 5.45. The first-order chi connectivity index (χ1) is 10.3. The van der Waals surface area contributed by atoms with Crippen molar-refractivity contribution in [1.29, 1.82) is 0 Å². The largest absolute Gasteiger partial charge is 0.489 e. The molecule has 0 aliphatic heterocycles. The Morgan fingerprint density at radius 1 is 0.909 bits per heavy atom. The fraction of sp³-hybridized carbons (Fsp3) is 0.368. The van der Waals surface area contributed by atoms with Crippen molar-refractivity contribution in [2.75, 3.05) is 6.54 Å². The summed E-state index contributed by atoms with van der Waals surface area (Å²) in [6, 6.07) is 16.8. The molecule has 120 valence electrons. The van der Waals surface area contributed by atoms with E-state index in [-0.39, 0.29) is 12.4 Å². The number of nitrogens with one attached hydrogen (secondary N) is 1. The summed E-state index contributed by atoms with van der Waals surface area (Å²) < 4.78 is 5.81. The first kappa shape index (κ1) is 18.5. The number of hydrogen-bond donors (Lipinski definition) is 1. The van der Waals surface area contributed by atoms with Gasteiger partial charge >= 0.3 is 0 Å². The summed E-state index contributed by atoms with van der Waals surface area (Å²) in [5.74, 6) is 0.924. The fourth-order valence-corrected chi connectivity index (χ4v) is 2.09. The Labute approximate surface area is 140 Å². The number of rotatable bonds is 8. The molecule has 1 N–H and O–H groups in total. The first-order valence-corrected chi connectivity index (χ1v) is 7.76. The third-order valence-electron chi connectivity index (χ3n) is 3.49. The lowest BCUT2D eigenvalue weighted by atomic mass is 10.2. The van der Waals surface area contributed by atoms with Gasteiger partial charge in [0.15, 0.2) is 0 Å². The molecular weight excluding hydrogens is 294 g/mol. The second-order valence-electron chi connectivity index (χ2n) is 5.45. The molecule has 0 saturated carbocycles. The monoisotopic (exact) mass is 319 g/mol. The third-order valence-corrected chi connectivity index (χ3v) is 3.49. The average molecular weight is 320 g/mol. The van der Waals surface area contributed by atoms with Crippen LogP contribution < -0.4 is 10.1 Å². The lowest BCUT2D eigenvalue weighted by Crippen LogP contribution is -2.14. The average Bonchev–Trinajstić information content (AvgIpc) is 2.52. The van der Waals surface area contributed by atoms with Crippen LogP contribution in [-0.2, 0) is 13.2 Å². The minimum atomic E-state index is 0. The van der Waals surface area contributed by atoms with Gasteiger partial charge in [0.2, 0.25) is 0 Å². The highest BCUT2D eigenvalue weighted by Gasteiger charge is 1.97. The highest BCUT2D eigenvalue weighted by atomic mass is 35.5. The molecule has 22 heavy (non-hydrogen) atoms. The van der Waals surface area contributed by atoms with Gasteiger partial charge in [0, 0.05) is 6.54 Å². The number of halogens is 1. The van der Waals surface area contributed by atoms with Crippen molar-refractivity contribution in [2.45, 2.75) is 39.8 Å². The summed E-state index contributed by atoms with van der Waals surface area (Å²) in [7, 11) is 0. The van der Waals surface area contributed by atoms with Crippen LogP contribution in [0.4, 0.5) is 0 Å². The molecule has 0 fully saturated rings. The summed E-state index contributed by atoms with van der Waals surface area (Å²) in [6.45, 7) is 6.94. The molecule has 0 aromatic heterocycles. The van der Waals surface area contributed by atoms with E-state index < -0.39 is 0 Å². The summed E-state index contributed by atoms with van der Waals surface area (Å²) >= 11 is 0. The molecule has 0 aliphatic carbocycles. The van der Waals surface area contributed by atoms with Crippen molar-refractivity contribution in [3.63, 3.8) is 0 Å². The van der Waals surface area contributed by atoms with E-state index in [0.29, 0.717) is 6.61 Å². The van der Waals surface area contributed by atoms with Crippen LogP contribution >= 0.6 is 12.4 Å². The molecule has 2 aromatic rings. The molecule has 2 nitrogen and oxygen atoms in total. The van der Waals surface area contributed by atoms with Crippen LogP contribution in [0.15, 0.2) is 48.5 Å². The molecule has 0 atom stereocenters. The zero-order valence-electron chi connectivity index (χ0n) is 13.5. The van der Waals surface area contributed by atoms with E-state index in [2.05, 4.69) is 55.6 Å². The highest BCUT2D eigenvalue weighted by molar-refractivity contribution is 5.85. The van der Waals surface area contributed by atoms with Gasteiger partial charge in [-0.25, -0.2) is 0 Å². The fourth-order valence-electron chi connectivity index (χ4n) is 2.09. The normalized spacial score (nSPS) is 10.1. The van der Waals surface area contributed by atoms with Crippen LogP contribution in [-0.4, -0.2) is 6.54 Å². The van der Waals surface area contributed by atoms with Crippen LogP contribution in [0.3, 0.4) is 0 Å². The van der Waals surface area contributed by atoms with E-state index in [1.54, 1.807) is 0 Å². The molecule has 0 bridgehead atoms. The Kier molecular flexibility index (Phi) is 8.64. The van der Waals surface area contributed by atoms with Gasteiger partial charge in [-0.1, -0.05) is 55.3 Å². The molecule has 0 saturated heterocycles. The van der Waals surface area contributed by atoms with Crippen LogP contribution in [0, 0.1) is 6.92 Å². The summed E-state index contributed by atoms with van der Waals surface area (Å²) in [5, 5.41) is 3.44. The van der Waals surface area contributed by atoms with E-state index in [9.17, 15) is 0 Å². The summed E-state index contributed by atoms with van der Waals surface area (Å²) in [4.78, 5) is 0. The van der Waals surface area contributed by atoms with Crippen LogP contribution in [0.2, 0.25) is 0 Å². The van der Waals surface area contributed by atoms with E-state index >= 15 is 0 Å². The number of benzene rings is 2. The molecule has 0 spiro atoms. The molecule has 0 unspecified atom stereocenters. The van der Waals surface area contributed by atoms with Crippen molar-refractivity contribution in [3.05, 3.63) is 65.2 Å². The molecule has 0 aliphatic rings. The van der Waals surface area contributed by atoms with Crippen molar-refractivity contribution >= 4 is 12.4 Å². The Balaban J connectivity index is 0.00000242. The number of unbranched alkanes of at least 4 members (excludes halogenated alkanes) is 1. The summed E-state index contributed by atoms with van der Waals surface area (Å²) in [5.41, 5.74) is 3.78. The smallest absolute Gasteiger partial charge is 0.119 e. The van der Waals surface area contributed by atoms with Crippen LogP contribution in [0.1, 0.15) is 36.5 Å². The molecule has 0 heterocycles. The molecule has 2 rings (SSSR count). The maximum absolute atomic E-state index is 5.81. The minimum Gasteiger partial charge on any atom is -0.489 e. The molecule has 0 radical (unpaired) electrons. The van der Waals surface area contributed by atoms with Gasteiger partial charge in [0.05, 0.1) is 0 Å². The van der Waals surface area contributed by atoms with Gasteiger partial charge in [0.1, 0.15) is 12.4 Å². The quantitative estimate of drug-likeness (QED) is 0.700. The van der Waals surface area contributed by atoms with Crippen molar-refractivity contribution in [3.8, 4) is 5.75 Å². The third kappa shape index (κ3) is 6.50. The zero-order valence-corrected chi connectivity index (χ0v) is 14.3. The maximum atomic E-state index is 5.81. The SMILES string of the molecule is CCCCNCc1ccc(OCc2ccc(C)cc2)cc1.Cl. The van der Waals surface area contributed by atoms with Gasteiger partial charge in [-0.3, -0.25) is 0 Å². The van der Waals surface area contributed by atoms with Gasteiger partial charge in [-0.05, 0) is 43.1 Å². The lowest BCUT2D eigenvalue weighted by Gasteiger charge is -2.08. The number of hydrogen-bond acceptors (Lipinski definition) is 2. The Morgan fingerprint density at radius 2 is 1.55 bits per heavy atom. The maximum Gasteiger partial charge on any atom is 0.119 e. The van der Waals surface area contributed by atoms with E-state index in [4.69, 9.17) is 4.74 Å². The zero-order chi connectivity index (χ0) is 14.9. The number of ether oxygens (including phenoxy) is 1. The van der Waals surface area contributed by atoms with Crippen molar-refractivity contribution in [1.82, 2.24) is 5.32 Å². The predicted molar refractivity (Wildman–Crippen MR) is 95.8 cm³/mol. The van der Waals surface area contributed by atoms with E-state index in [1.807, 2.05) is 12.1 Å². The van der Waals surface area contributed by atoms with Crippen molar-refractivity contribution < 1.29 is 4.74 Å². The van der Waals surface area contributed by atoms with E-state index in [0.717, 1.165) is 18.8 Å². The standard InChI is InChI=1S/C19H25NO.ClH/c1-3-4-13-20-14-17-9-11-19(12-10-17)21-15-18-7-5-16(2)6-8-18;/h5-12,20H,3-4,13-15H2,1-2H3;1H. The van der Waals surface area contributed by atoms with Crippen LogP contribution in [0.5, 0.6) is 5.75 Å². The predicted octanol–water partition coefficient (Wildman–Crippen LogP) is 4.89. The molecule has 0 amide bonds. The van der Waals surface area contributed by atoms with Crippen molar-refractivity contribution in [2.24, 2.45) is 0 Å². The van der Waals surface area contributed by atoms with Gasteiger partial charge in [-0.15, -0.1) is 12.4 Å². The number of aryl methyl sites for hydroxylation is 1. The topological polar surface area (TPSA) is 21.3 Å².